The summed E-state index contributed by atoms with van der Waals surface area (Å²) in [6.45, 7) is 0. The van der Waals surface area contributed by atoms with Crippen LogP contribution in [-0.4, -0.2) is 51.0 Å². The van der Waals surface area contributed by atoms with Crippen molar-refractivity contribution in [2.45, 2.75) is 50.0 Å². The number of rotatable bonds is 3. The highest BCUT2D eigenvalue weighted by atomic mass is 35.5. The maximum absolute atomic E-state index is 12.9. The summed E-state index contributed by atoms with van der Waals surface area (Å²) in [7, 11) is 1.75. The van der Waals surface area contributed by atoms with Crippen LogP contribution in [0.4, 0.5) is 13.2 Å². The van der Waals surface area contributed by atoms with E-state index in [0.717, 1.165) is 37.8 Å². The summed E-state index contributed by atoms with van der Waals surface area (Å²) in [5.41, 5.74) is -0.439. The minimum atomic E-state index is -4.44. The smallest absolute Gasteiger partial charge is 0.337 e. The van der Waals surface area contributed by atoms with Gasteiger partial charge in [0.25, 0.3) is 5.91 Å². The van der Waals surface area contributed by atoms with E-state index in [1.54, 1.807) is 11.9 Å². The van der Waals surface area contributed by atoms with E-state index in [-0.39, 0.29) is 35.7 Å². The highest BCUT2D eigenvalue weighted by Gasteiger charge is 2.37. The van der Waals surface area contributed by atoms with Crippen molar-refractivity contribution in [3.05, 3.63) is 41.7 Å². The molecule has 3 heterocycles. The summed E-state index contributed by atoms with van der Waals surface area (Å²) in [4.78, 5) is 14.4. The molecule has 2 aromatic rings. The van der Waals surface area contributed by atoms with Crippen LogP contribution >= 0.6 is 12.4 Å². The van der Waals surface area contributed by atoms with Crippen molar-refractivity contribution in [1.29, 1.82) is 0 Å². The van der Waals surface area contributed by atoms with Gasteiger partial charge < -0.3 is 10.2 Å². The molecule has 10 heteroatoms. The van der Waals surface area contributed by atoms with Crippen LogP contribution < -0.4 is 5.32 Å². The van der Waals surface area contributed by atoms with Crippen LogP contribution in [0.3, 0.4) is 0 Å². The first-order valence-corrected chi connectivity index (χ1v) is 8.94. The predicted molar refractivity (Wildman–Crippen MR) is 98.7 cm³/mol. The maximum atomic E-state index is 12.9. The molecule has 2 aliphatic heterocycles. The first-order chi connectivity index (χ1) is 12.8. The van der Waals surface area contributed by atoms with Crippen molar-refractivity contribution in [3.8, 4) is 5.69 Å². The number of piperidine rings is 1. The molecule has 1 N–H and O–H groups in total. The number of alkyl halides is 3. The normalized spacial score (nSPS) is 23.9. The fourth-order valence-electron chi connectivity index (χ4n) is 4.00. The van der Waals surface area contributed by atoms with Gasteiger partial charge in [-0.25, -0.2) is 4.68 Å². The number of halogens is 4. The molecule has 2 fully saturated rings. The van der Waals surface area contributed by atoms with Crippen LogP contribution in [0.25, 0.3) is 5.69 Å². The lowest BCUT2D eigenvalue weighted by atomic mass is 9.98. The SMILES string of the molecule is CN(C(=O)c1cn(-c2cccc(C(F)(F)F)c2)nn1)C1CC2CCC(C1)N2.Cl. The molecular formula is C18H21ClF3N5O. The molecule has 0 aliphatic carbocycles. The van der Waals surface area contributed by atoms with E-state index < -0.39 is 11.7 Å². The summed E-state index contributed by atoms with van der Waals surface area (Å²) >= 11 is 0. The average Bonchev–Trinajstić information content (AvgIpc) is 3.26. The maximum Gasteiger partial charge on any atom is 0.416 e. The highest BCUT2D eigenvalue weighted by Crippen LogP contribution is 2.31. The van der Waals surface area contributed by atoms with Gasteiger partial charge in [0.15, 0.2) is 5.69 Å². The molecule has 28 heavy (non-hydrogen) atoms. The second kappa shape index (κ2) is 7.71. The fourth-order valence-corrected chi connectivity index (χ4v) is 4.00. The lowest BCUT2D eigenvalue weighted by molar-refractivity contribution is -0.137. The lowest BCUT2D eigenvalue weighted by Gasteiger charge is -2.35. The average molecular weight is 416 g/mol. The Morgan fingerprint density at radius 3 is 2.57 bits per heavy atom. The van der Waals surface area contributed by atoms with Crippen molar-refractivity contribution < 1.29 is 18.0 Å². The molecule has 1 aromatic carbocycles. The Morgan fingerprint density at radius 1 is 1.25 bits per heavy atom. The Balaban J connectivity index is 0.00000225. The Bertz CT molecular complexity index is 844. The molecule has 2 aliphatic rings. The number of carbonyl (C=O) groups is 1. The van der Waals surface area contributed by atoms with E-state index >= 15 is 0 Å². The number of fused-ring (bicyclic) bond motifs is 2. The van der Waals surface area contributed by atoms with Gasteiger partial charge in [-0.2, -0.15) is 13.2 Å². The number of nitrogens with zero attached hydrogens (tertiary/aromatic N) is 4. The van der Waals surface area contributed by atoms with Gasteiger partial charge in [0.2, 0.25) is 0 Å². The third-order valence-electron chi connectivity index (χ3n) is 5.47. The summed E-state index contributed by atoms with van der Waals surface area (Å²) in [6, 6.07) is 5.80. The number of hydrogen-bond acceptors (Lipinski definition) is 4. The van der Waals surface area contributed by atoms with Gasteiger partial charge in [0.1, 0.15) is 0 Å². The molecule has 4 rings (SSSR count). The van der Waals surface area contributed by atoms with Crippen molar-refractivity contribution in [1.82, 2.24) is 25.2 Å². The van der Waals surface area contributed by atoms with E-state index in [1.165, 1.54) is 23.0 Å². The summed E-state index contributed by atoms with van der Waals surface area (Å²) in [6.07, 6.45) is 1.01. The first-order valence-electron chi connectivity index (χ1n) is 8.94. The van der Waals surface area contributed by atoms with Crippen LogP contribution in [0.2, 0.25) is 0 Å². The first kappa shape index (κ1) is 20.6. The summed E-state index contributed by atoms with van der Waals surface area (Å²) in [5.74, 6) is -0.264. The molecule has 2 unspecified atom stereocenters. The lowest BCUT2D eigenvalue weighted by Crippen LogP contribution is -2.48. The van der Waals surface area contributed by atoms with Crippen LogP contribution in [0, 0.1) is 0 Å². The zero-order valence-electron chi connectivity index (χ0n) is 15.2. The Morgan fingerprint density at radius 2 is 1.93 bits per heavy atom. The van der Waals surface area contributed by atoms with Gasteiger partial charge in [-0.05, 0) is 43.9 Å². The number of carbonyl (C=O) groups excluding carboxylic acids is 1. The summed E-state index contributed by atoms with van der Waals surface area (Å²) in [5, 5.41) is 11.3. The third-order valence-corrected chi connectivity index (χ3v) is 5.47. The number of hydrogen-bond donors (Lipinski definition) is 1. The van der Waals surface area contributed by atoms with Gasteiger partial charge in [0.05, 0.1) is 17.4 Å². The van der Waals surface area contributed by atoms with Crippen LogP contribution in [0.15, 0.2) is 30.5 Å². The minimum Gasteiger partial charge on any atom is -0.337 e. The van der Waals surface area contributed by atoms with Gasteiger partial charge >= 0.3 is 6.18 Å². The molecule has 2 atom stereocenters. The monoisotopic (exact) mass is 415 g/mol. The third kappa shape index (κ3) is 4.00. The zero-order valence-corrected chi connectivity index (χ0v) is 16.0. The number of amides is 1. The summed E-state index contributed by atoms with van der Waals surface area (Å²) < 4.78 is 39.9. The minimum absolute atomic E-state index is 0. The fraction of sp³-hybridized carbons (Fsp3) is 0.500. The van der Waals surface area contributed by atoms with E-state index in [2.05, 4.69) is 15.6 Å². The number of nitrogens with one attached hydrogen (secondary N) is 1. The molecule has 1 amide bonds. The zero-order chi connectivity index (χ0) is 19.2. The molecule has 1 aromatic heterocycles. The van der Waals surface area contributed by atoms with Gasteiger partial charge in [0, 0.05) is 25.2 Å². The van der Waals surface area contributed by atoms with E-state index in [1.807, 2.05) is 0 Å². The molecule has 2 bridgehead atoms. The topological polar surface area (TPSA) is 63.1 Å². The highest BCUT2D eigenvalue weighted by molar-refractivity contribution is 5.92. The molecule has 2 saturated heterocycles. The Hall–Kier alpha value is -2.13. The molecule has 6 nitrogen and oxygen atoms in total. The number of benzene rings is 1. The largest absolute Gasteiger partial charge is 0.416 e. The van der Waals surface area contributed by atoms with Gasteiger partial charge in [-0.15, -0.1) is 17.5 Å². The van der Waals surface area contributed by atoms with E-state index in [4.69, 9.17) is 0 Å². The molecule has 0 radical (unpaired) electrons. The van der Waals surface area contributed by atoms with Crippen LogP contribution in [-0.2, 0) is 6.18 Å². The van der Waals surface area contributed by atoms with Gasteiger partial charge in [-0.3, -0.25) is 4.79 Å². The van der Waals surface area contributed by atoms with Crippen molar-refractivity contribution in [2.24, 2.45) is 0 Å². The molecule has 0 saturated carbocycles. The van der Waals surface area contributed by atoms with Crippen molar-refractivity contribution >= 4 is 18.3 Å². The van der Waals surface area contributed by atoms with Gasteiger partial charge in [-0.1, -0.05) is 11.3 Å². The van der Waals surface area contributed by atoms with E-state index in [9.17, 15) is 18.0 Å². The second-order valence-electron chi connectivity index (χ2n) is 7.28. The second-order valence-corrected chi connectivity index (χ2v) is 7.28. The Labute approximate surface area is 166 Å². The standard InChI is InChI=1S/C18H20F3N5O.ClH/c1-25(15-8-12-5-6-13(9-15)22-12)17(27)16-10-26(24-23-16)14-4-2-3-11(7-14)18(19,20)21;/h2-4,7,10,12-13,15,22H,5-6,8-9H2,1H3;1H. The quantitative estimate of drug-likeness (QED) is 0.837. The predicted octanol–water partition coefficient (Wildman–Crippen LogP) is 3.06. The molecular weight excluding hydrogens is 395 g/mol. The van der Waals surface area contributed by atoms with Crippen LogP contribution in [0.5, 0.6) is 0 Å². The van der Waals surface area contributed by atoms with Crippen molar-refractivity contribution in [3.63, 3.8) is 0 Å². The molecule has 152 valence electrons. The Kier molecular flexibility index (Phi) is 5.67. The number of aromatic nitrogens is 3. The molecule has 0 spiro atoms. The van der Waals surface area contributed by atoms with Crippen molar-refractivity contribution in [2.75, 3.05) is 7.05 Å². The van der Waals surface area contributed by atoms with Crippen LogP contribution in [0.1, 0.15) is 41.7 Å². The van der Waals surface area contributed by atoms with E-state index in [0.29, 0.717) is 12.1 Å².